The van der Waals surface area contributed by atoms with E-state index in [9.17, 15) is 0 Å². The van der Waals surface area contributed by atoms with Gasteiger partial charge in [0, 0.05) is 18.4 Å². The molecule has 1 aliphatic rings. The molecule has 0 saturated carbocycles. The summed E-state index contributed by atoms with van der Waals surface area (Å²) in [7, 11) is 0. The SMILES string of the molecule is Cc1cc(N[C@@H]2CCO[C@H]2c2ccccc2)nc(C)n1. The van der Waals surface area contributed by atoms with Crippen molar-refractivity contribution in [2.45, 2.75) is 32.4 Å². The molecule has 1 saturated heterocycles. The average molecular weight is 269 g/mol. The van der Waals surface area contributed by atoms with E-state index in [1.807, 2.05) is 38.1 Å². The van der Waals surface area contributed by atoms with Gasteiger partial charge in [-0.3, -0.25) is 0 Å². The number of anilines is 1. The highest BCUT2D eigenvalue weighted by Gasteiger charge is 2.29. The number of nitrogens with zero attached hydrogens (tertiary/aromatic N) is 2. The van der Waals surface area contributed by atoms with Crippen LogP contribution < -0.4 is 5.32 Å². The molecule has 3 rings (SSSR count). The predicted octanol–water partition coefficient (Wildman–Crippen LogP) is 3.04. The third-order valence-corrected chi connectivity index (χ3v) is 3.52. The summed E-state index contributed by atoms with van der Waals surface area (Å²) >= 11 is 0. The van der Waals surface area contributed by atoms with Gasteiger partial charge in [-0.25, -0.2) is 9.97 Å². The maximum Gasteiger partial charge on any atom is 0.130 e. The highest BCUT2D eigenvalue weighted by molar-refractivity contribution is 5.38. The lowest BCUT2D eigenvalue weighted by Gasteiger charge is -2.21. The molecular formula is C16H19N3O. The zero-order valence-corrected chi connectivity index (χ0v) is 11.8. The minimum Gasteiger partial charge on any atom is -0.371 e. The summed E-state index contributed by atoms with van der Waals surface area (Å²) in [6.45, 7) is 4.68. The highest BCUT2D eigenvalue weighted by atomic mass is 16.5. The summed E-state index contributed by atoms with van der Waals surface area (Å²) < 4.78 is 5.88. The van der Waals surface area contributed by atoms with Gasteiger partial charge in [0.05, 0.1) is 6.04 Å². The molecule has 2 atom stereocenters. The van der Waals surface area contributed by atoms with Crippen molar-refractivity contribution in [3.8, 4) is 0 Å². The van der Waals surface area contributed by atoms with Gasteiger partial charge in [-0.05, 0) is 25.8 Å². The Hall–Kier alpha value is -1.94. The van der Waals surface area contributed by atoms with Crippen LogP contribution in [0.4, 0.5) is 5.82 Å². The molecule has 0 amide bonds. The molecule has 2 heterocycles. The maximum atomic E-state index is 5.88. The van der Waals surface area contributed by atoms with Crippen LogP contribution in [-0.2, 0) is 4.74 Å². The number of ether oxygens (including phenoxy) is 1. The maximum absolute atomic E-state index is 5.88. The van der Waals surface area contributed by atoms with Crippen LogP contribution in [-0.4, -0.2) is 22.6 Å². The van der Waals surface area contributed by atoms with Gasteiger partial charge in [0.1, 0.15) is 17.7 Å². The second-order valence-electron chi connectivity index (χ2n) is 5.18. The molecule has 1 aliphatic heterocycles. The number of aryl methyl sites for hydroxylation is 2. The quantitative estimate of drug-likeness (QED) is 0.930. The van der Waals surface area contributed by atoms with Gasteiger partial charge in [0.25, 0.3) is 0 Å². The second-order valence-corrected chi connectivity index (χ2v) is 5.18. The highest BCUT2D eigenvalue weighted by Crippen LogP contribution is 2.31. The molecule has 2 aromatic rings. The first-order valence-corrected chi connectivity index (χ1v) is 6.98. The molecule has 20 heavy (non-hydrogen) atoms. The third-order valence-electron chi connectivity index (χ3n) is 3.52. The van der Waals surface area contributed by atoms with Crippen LogP contribution in [0.15, 0.2) is 36.4 Å². The summed E-state index contributed by atoms with van der Waals surface area (Å²) in [4.78, 5) is 8.75. The number of hydrogen-bond acceptors (Lipinski definition) is 4. The lowest BCUT2D eigenvalue weighted by Crippen LogP contribution is -2.24. The Balaban J connectivity index is 1.79. The molecule has 104 valence electrons. The van der Waals surface area contributed by atoms with E-state index in [2.05, 4.69) is 27.4 Å². The van der Waals surface area contributed by atoms with Crippen molar-refractivity contribution in [2.24, 2.45) is 0 Å². The van der Waals surface area contributed by atoms with Crippen molar-refractivity contribution < 1.29 is 4.74 Å². The molecule has 0 unspecified atom stereocenters. The molecule has 0 aliphatic carbocycles. The molecule has 0 spiro atoms. The van der Waals surface area contributed by atoms with Crippen molar-refractivity contribution in [1.82, 2.24) is 9.97 Å². The first-order chi connectivity index (χ1) is 9.72. The zero-order chi connectivity index (χ0) is 13.9. The largest absolute Gasteiger partial charge is 0.371 e. The van der Waals surface area contributed by atoms with Crippen molar-refractivity contribution in [2.75, 3.05) is 11.9 Å². The van der Waals surface area contributed by atoms with E-state index in [1.54, 1.807) is 0 Å². The Labute approximate surface area is 119 Å². The summed E-state index contributed by atoms with van der Waals surface area (Å²) in [5.41, 5.74) is 2.19. The van der Waals surface area contributed by atoms with E-state index in [0.29, 0.717) is 0 Å². The van der Waals surface area contributed by atoms with Gasteiger partial charge in [0.2, 0.25) is 0 Å². The van der Waals surface area contributed by atoms with Crippen LogP contribution in [0, 0.1) is 13.8 Å². The number of aromatic nitrogens is 2. The third kappa shape index (κ3) is 2.80. The molecule has 4 heteroatoms. The number of nitrogens with one attached hydrogen (secondary N) is 1. The lowest BCUT2D eigenvalue weighted by atomic mass is 10.0. The Morgan fingerprint density at radius 3 is 2.70 bits per heavy atom. The Morgan fingerprint density at radius 1 is 1.15 bits per heavy atom. The average Bonchev–Trinajstić information content (AvgIpc) is 2.86. The van der Waals surface area contributed by atoms with E-state index in [-0.39, 0.29) is 12.1 Å². The Morgan fingerprint density at radius 2 is 1.95 bits per heavy atom. The Kier molecular flexibility index (Phi) is 3.65. The van der Waals surface area contributed by atoms with E-state index in [4.69, 9.17) is 4.74 Å². The number of benzene rings is 1. The minimum atomic E-state index is 0.0896. The molecular weight excluding hydrogens is 250 g/mol. The Bertz CT molecular complexity index is 565. The van der Waals surface area contributed by atoms with Crippen molar-refractivity contribution >= 4 is 5.82 Å². The van der Waals surface area contributed by atoms with E-state index >= 15 is 0 Å². The molecule has 1 aromatic heterocycles. The smallest absolute Gasteiger partial charge is 0.130 e. The van der Waals surface area contributed by atoms with Crippen LogP contribution in [0.1, 0.15) is 29.6 Å². The van der Waals surface area contributed by atoms with E-state index in [0.717, 1.165) is 30.4 Å². The molecule has 1 aromatic carbocycles. The number of rotatable bonds is 3. The van der Waals surface area contributed by atoms with Crippen LogP contribution in [0.5, 0.6) is 0 Å². The normalized spacial score (nSPS) is 21.9. The van der Waals surface area contributed by atoms with Crippen molar-refractivity contribution in [1.29, 1.82) is 0 Å². The van der Waals surface area contributed by atoms with Gasteiger partial charge in [-0.1, -0.05) is 30.3 Å². The summed E-state index contributed by atoms with van der Waals surface area (Å²) in [5.74, 6) is 1.68. The fourth-order valence-electron chi connectivity index (χ4n) is 2.69. The topological polar surface area (TPSA) is 47.0 Å². The first-order valence-electron chi connectivity index (χ1n) is 6.98. The first kappa shape index (κ1) is 13.1. The summed E-state index contributed by atoms with van der Waals surface area (Å²) in [6.07, 6.45) is 1.08. The van der Waals surface area contributed by atoms with E-state index in [1.165, 1.54) is 5.56 Å². The van der Waals surface area contributed by atoms with Gasteiger partial charge < -0.3 is 10.1 Å². The second kappa shape index (κ2) is 5.59. The molecule has 1 fully saturated rings. The zero-order valence-electron chi connectivity index (χ0n) is 11.8. The summed E-state index contributed by atoms with van der Waals surface area (Å²) in [6, 6.07) is 12.6. The van der Waals surface area contributed by atoms with Crippen LogP contribution >= 0.6 is 0 Å². The fraction of sp³-hybridized carbons (Fsp3) is 0.375. The van der Waals surface area contributed by atoms with Crippen molar-refractivity contribution in [3.05, 3.63) is 53.5 Å². The van der Waals surface area contributed by atoms with Crippen LogP contribution in [0.3, 0.4) is 0 Å². The van der Waals surface area contributed by atoms with Gasteiger partial charge >= 0.3 is 0 Å². The molecule has 4 nitrogen and oxygen atoms in total. The predicted molar refractivity (Wildman–Crippen MR) is 78.7 cm³/mol. The molecule has 0 radical (unpaired) electrons. The lowest BCUT2D eigenvalue weighted by molar-refractivity contribution is 0.107. The molecule has 0 bridgehead atoms. The van der Waals surface area contributed by atoms with Crippen molar-refractivity contribution in [3.63, 3.8) is 0 Å². The standard InChI is InChI=1S/C16H19N3O/c1-11-10-15(18-12(2)17-11)19-14-8-9-20-16(14)13-6-4-3-5-7-13/h3-7,10,14,16H,8-9H2,1-2H3,(H,17,18,19)/t14-,16+/m1/s1. The van der Waals surface area contributed by atoms with Gasteiger partial charge in [-0.2, -0.15) is 0 Å². The van der Waals surface area contributed by atoms with E-state index < -0.39 is 0 Å². The molecule has 1 N–H and O–H groups in total. The van der Waals surface area contributed by atoms with Crippen LogP contribution in [0.2, 0.25) is 0 Å². The monoisotopic (exact) mass is 269 g/mol. The van der Waals surface area contributed by atoms with Gasteiger partial charge in [-0.15, -0.1) is 0 Å². The fourth-order valence-corrected chi connectivity index (χ4v) is 2.69. The summed E-state index contributed by atoms with van der Waals surface area (Å²) in [5, 5.41) is 3.49. The van der Waals surface area contributed by atoms with Crippen LogP contribution in [0.25, 0.3) is 0 Å². The number of hydrogen-bond donors (Lipinski definition) is 1. The van der Waals surface area contributed by atoms with Gasteiger partial charge in [0.15, 0.2) is 0 Å². The minimum absolute atomic E-state index is 0.0896.